The highest BCUT2D eigenvalue weighted by molar-refractivity contribution is 6.30. The van der Waals surface area contributed by atoms with Gasteiger partial charge in [-0.25, -0.2) is 0 Å². The Morgan fingerprint density at radius 1 is 1.45 bits per heavy atom. The molecule has 1 aliphatic heterocycles. The van der Waals surface area contributed by atoms with Gasteiger partial charge in [0.2, 0.25) is 5.91 Å². The number of rotatable bonds is 5. The molecular weight excluding hydrogens is 296 g/mol. The number of carbonyl (C=O) groups excluding carboxylic acids is 1. The normalized spacial score (nSPS) is 24.0. The van der Waals surface area contributed by atoms with Crippen molar-refractivity contribution in [2.75, 3.05) is 26.2 Å². The number of halogens is 1. The first kappa shape index (κ1) is 15.8. The Kier molecular flexibility index (Phi) is 4.74. The predicted molar refractivity (Wildman–Crippen MR) is 90.2 cm³/mol. The van der Waals surface area contributed by atoms with Crippen molar-refractivity contribution in [2.45, 2.75) is 38.0 Å². The molecule has 22 heavy (non-hydrogen) atoms. The van der Waals surface area contributed by atoms with Crippen LogP contribution in [0, 0.1) is 5.92 Å². The Balaban J connectivity index is 1.58. The molecule has 3 rings (SSSR count). The monoisotopic (exact) mass is 320 g/mol. The van der Waals surface area contributed by atoms with Crippen LogP contribution in [0.25, 0.3) is 0 Å². The van der Waals surface area contributed by atoms with Gasteiger partial charge in [0, 0.05) is 18.1 Å². The van der Waals surface area contributed by atoms with Crippen molar-refractivity contribution < 1.29 is 4.79 Å². The lowest BCUT2D eigenvalue weighted by Gasteiger charge is -2.32. The Morgan fingerprint density at radius 3 is 2.95 bits per heavy atom. The summed E-state index contributed by atoms with van der Waals surface area (Å²) < 4.78 is 0. The van der Waals surface area contributed by atoms with Gasteiger partial charge in [-0.1, -0.05) is 30.7 Å². The summed E-state index contributed by atoms with van der Waals surface area (Å²) in [7, 11) is 0. The summed E-state index contributed by atoms with van der Waals surface area (Å²) in [6.45, 7) is 6.43. The minimum atomic E-state index is -0.315. The highest BCUT2D eigenvalue weighted by Crippen LogP contribution is 2.48. The van der Waals surface area contributed by atoms with E-state index in [1.165, 1.54) is 19.4 Å². The van der Waals surface area contributed by atoms with Crippen molar-refractivity contribution in [3.05, 3.63) is 34.9 Å². The molecule has 1 amide bonds. The number of likely N-dealkylation sites (tertiary alicyclic amines) is 1. The molecule has 1 saturated heterocycles. The molecule has 0 spiro atoms. The fourth-order valence-corrected chi connectivity index (χ4v) is 3.76. The van der Waals surface area contributed by atoms with Crippen LogP contribution in [0.15, 0.2) is 24.3 Å². The number of nitrogens with zero attached hydrogens (tertiary/aromatic N) is 1. The third-order valence-corrected chi connectivity index (χ3v) is 5.40. The van der Waals surface area contributed by atoms with Gasteiger partial charge >= 0.3 is 0 Å². The van der Waals surface area contributed by atoms with Crippen LogP contribution >= 0.6 is 11.6 Å². The zero-order valence-corrected chi connectivity index (χ0v) is 14.0. The molecule has 120 valence electrons. The molecule has 1 aliphatic carbocycles. The van der Waals surface area contributed by atoms with E-state index in [2.05, 4.69) is 17.1 Å². The molecule has 1 N–H and O–H groups in total. The summed E-state index contributed by atoms with van der Waals surface area (Å²) in [5, 5.41) is 3.92. The minimum absolute atomic E-state index is 0.184. The maximum atomic E-state index is 12.7. The Bertz CT molecular complexity index is 542. The van der Waals surface area contributed by atoms with E-state index in [0.29, 0.717) is 10.9 Å². The quantitative estimate of drug-likeness (QED) is 0.903. The molecule has 1 aromatic rings. The zero-order valence-electron chi connectivity index (χ0n) is 13.3. The molecule has 1 heterocycles. The molecule has 0 aromatic heterocycles. The number of hydrogen-bond acceptors (Lipinski definition) is 2. The molecular formula is C18H25ClN2O. The molecule has 1 atom stereocenters. The Hall–Kier alpha value is -1.06. The third-order valence-electron chi connectivity index (χ3n) is 5.16. The average Bonchev–Trinajstić information content (AvgIpc) is 3.35. The fraction of sp³-hybridized carbons (Fsp3) is 0.611. The number of amides is 1. The lowest BCUT2D eigenvalue weighted by molar-refractivity contribution is -0.123. The van der Waals surface area contributed by atoms with Crippen LogP contribution in [-0.2, 0) is 10.2 Å². The van der Waals surface area contributed by atoms with Crippen molar-refractivity contribution >= 4 is 17.5 Å². The van der Waals surface area contributed by atoms with Crippen LogP contribution in [0.3, 0.4) is 0 Å². The standard InChI is InChI=1S/C18H25ClN2O/c1-2-21-10-4-5-14(13-21)12-20-17(22)18(8-9-18)15-6-3-7-16(19)11-15/h3,6-7,11,14H,2,4-5,8-10,12-13H2,1H3,(H,20,22)/t14-/m1/s1. The van der Waals surface area contributed by atoms with E-state index >= 15 is 0 Å². The lowest BCUT2D eigenvalue weighted by Crippen LogP contribution is -2.43. The van der Waals surface area contributed by atoms with Gasteiger partial charge in [-0.05, 0) is 62.4 Å². The van der Waals surface area contributed by atoms with Gasteiger partial charge in [-0.15, -0.1) is 0 Å². The van der Waals surface area contributed by atoms with E-state index in [0.717, 1.165) is 38.0 Å². The molecule has 4 heteroatoms. The van der Waals surface area contributed by atoms with Gasteiger partial charge in [0.05, 0.1) is 5.41 Å². The second-order valence-electron chi connectivity index (χ2n) is 6.70. The van der Waals surface area contributed by atoms with E-state index in [1.54, 1.807) is 0 Å². The van der Waals surface area contributed by atoms with Crippen molar-refractivity contribution in [3.63, 3.8) is 0 Å². The minimum Gasteiger partial charge on any atom is -0.355 e. The molecule has 0 radical (unpaired) electrons. The molecule has 3 nitrogen and oxygen atoms in total. The molecule has 0 bridgehead atoms. The van der Waals surface area contributed by atoms with Gasteiger partial charge in [-0.3, -0.25) is 4.79 Å². The highest BCUT2D eigenvalue weighted by Gasteiger charge is 2.51. The third kappa shape index (κ3) is 3.31. The summed E-state index contributed by atoms with van der Waals surface area (Å²) in [5.41, 5.74) is 0.751. The fourth-order valence-electron chi connectivity index (χ4n) is 3.57. The summed E-state index contributed by atoms with van der Waals surface area (Å²) in [6.07, 6.45) is 4.34. The van der Waals surface area contributed by atoms with Crippen LogP contribution in [0.5, 0.6) is 0 Å². The second-order valence-corrected chi connectivity index (χ2v) is 7.14. The second kappa shape index (κ2) is 6.59. The number of hydrogen-bond donors (Lipinski definition) is 1. The van der Waals surface area contributed by atoms with E-state index in [1.807, 2.05) is 24.3 Å². The maximum Gasteiger partial charge on any atom is 0.230 e. The van der Waals surface area contributed by atoms with Gasteiger partial charge in [0.25, 0.3) is 0 Å². The van der Waals surface area contributed by atoms with Crippen LogP contribution in [0.4, 0.5) is 0 Å². The zero-order chi connectivity index (χ0) is 15.6. The number of benzene rings is 1. The largest absolute Gasteiger partial charge is 0.355 e. The average molecular weight is 321 g/mol. The lowest BCUT2D eigenvalue weighted by atomic mass is 9.94. The van der Waals surface area contributed by atoms with Gasteiger partial charge < -0.3 is 10.2 Å². The smallest absolute Gasteiger partial charge is 0.230 e. The van der Waals surface area contributed by atoms with E-state index in [-0.39, 0.29) is 11.3 Å². The van der Waals surface area contributed by atoms with E-state index in [9.17, 15) is 4.79 Å². The van der Waals surface area contributed by atoms with Crippen molar-refractivity contribution in [2.24, 2.45) is 5.92 Å². The molecule has 1 saturated carbocycles. The topological polar surface area (TPSA) is 32.3 Å². The molecule has 1 aromatic carbocycles. The predicted octanol–water partition coefficient (Wildman–Crippen LogP) is 3.22. The number of nitrogens with one attached hydrogen (secondary N) is 1. The molecule has 2 aliphatic rings. The summed E-state index contributed by atoms with van der Waals surface area (Å²) in [6, 6.07) is 7.76. The SMILES string of the molecule is CCN1CCC[C@H](CNC(=O)C2(c3cccc(Cl)c3)CC2)C1. The Labute approximate surface area is 138 Å². The van der Waals surface area contributed by atoms with Crippen LogP contribution in [-0.4, -0.2) is 37.0 Å². The Morgan fingerprint density at radius 2 is 2.27 bits per heavy atom. The van der Waals surface area contributed by atoms with Gasteiger partial charge in [0.15, 0.2) is 0 Å². The van der Waals surface area contributed by atoms with Gasteiger partial charge in [-0.2, -0.15) is 0 Å². The summed E-state index contributed by atoms with van der Waals surface area (Å²) >= 11 is 6.08. The van der Waals surface area contributed by atoms with Crippen LogP contribution < -0.4 is 5.32 Å². The number of carbonyl (C=O) groups is 1. The van der Waals surface area contributed by atoms with Gasteiger partial charge in [0.1, 0.15) is 0 Å². The van der Waals surface area contributed by atoms with Crippen molar-refractivity contribution in [3.8, 4) is 0 Å². The van der Waals surface area contributed by atoms with Crippen LogP contribution in [0.2, 0.25) is 5.02 Å². The molecule has 2 fully saturated rings. The first-order valence-corrected chi connectivity index (χ1v) is 8.78. The van der Waals surface area contributed by atoms with E-state index in [4.69, 9.17) is 11.6 Å². The number of piperidine rings is 1. The van der Waals surface area contributed by atoms with Crippen molar-refractivity contribution in [1.82, 2.24) is 10.2 Å². The first-order valence-electron chi connectivity index (χ1n) is 8.41. The van der Waals surface area contributed by atoms with E-state index < -0.39 is 0 Å². The van der Waals surface area contributed by atoms with Crippen molar-refractivity contribution in [1.29, 1.82) is 0 Å². The summed E-state index contributed by atoms with van der Waals surface area (Å²) in [5.74, 6) is 0.774. The van der Waals surface area contributed by atoms with Crippen LogP contribution in [0.1, 0.15) is 38.2 Å². The maximum absolute atomic E-state index is 12.7. The highest BCUT2D eigenvalue weighted by atomic mass is 35.5. The summed E-state index contributed by atoms with van der Waals surface area (Å²) in [4.78, 5) is 15.1. The first-order chi connectivity index (χ1) is 10.6. The molecule has 0 unspecified atom stereocenters.